The maximum Gasteiger partial charge on any atom is 0.306 e. The van der Waals surface area contributed by atoms with E-state index < -0.39 is 24.3 Å². The van der Waals surface area contributed by atoms with Gasteiger partial charge in [0.25, 0.3) is 0 Å². The highest BCUT2D eigenvalue weighted by Gasteiger charge is 2.22. The number of nitrogens with zero attached hydrogens (tertiary/aromatic N) is 1. The number of esters is 2. The van der Waals surface area contributed by atoms with Gasteiger partial charge in [-0.25, -0.2) is 0 Å². The Labute approximate surface area is 459 Å². The molecule has 0 aromatic heterocycles. The van der Waals surface area contributed by atoms with Gasteiger partial charge in [-0.15, -0.1) is 0 Å². The Hall–Kier alpha value is -4.31. The van der Waals surface area contributed by atoms with Gasteiger partial charge in [0.05, 0.1) is 40.3 Å². The van der Waals surface area contributed by atoms with E-state index in [-0.39, 0.29) is 38.6 Å². The third-order valence-corrected chi connectivity index (χ3v) is 12.2. The summed E-state index contributed by atoms with van der Waals surface area (Å²) in [5, 5.41) is 11.8. The van der Waals surface area contributed by atoms with Crippen molar-refractivity contribution in [1.29, 1.82) is 0 Å². The van der Waals surface area contributed by atoms with Crippen LogP contribution in [0.4, 0.5) is 0 Å². The maximum absolute atomic E-state index is 12.9. The molecule has 0 aliphatic rings. The predicted molar refractivity (Wildman–Crippen MR) is 315 cm³/mol. The van der Waals surface area contributed by atoms with E-state index in [1.807, 2.05) is 21.1 Å². The van der Waals surface area contributed by atoms with Gasteiger partial charge < -0.3 is 33.3 Å². The minimum Gasteiger partial charge on any atom is -0.545 e. The molecule has 0 saturated heterocycles. The molecule has 0 fully saturated rings. The van der Waals surface area contributed by atoms with E-state index >= 15 is 0 Å². The summed E-state index contributed by atoms with van der Waals surface area (Å²) < 4.78 is 22.7. The summed E-state index contributed by atoms with van der Waals surface area (Å²) >= 11 is 0. The van der Waals surface area contributed by atoms with Crippen LogP contribution < -0.4 is 5.11 Å². The number of unbranched alkanes of at least 4 members (excludes halogenated alkanes) is 18. The highest BCUT2D eigenvalue weighted by Crippen LogP contribution is 2.15. The third-order valence-electron chi connectivity index (χ3n) is 12.2. The van der Waals surface area contributed by atoms with Crippen LogP contribution in [0.25, 0.3) is 0 Å². The summed E-state index contributed by atoms with van der Waals surface area (Å²) in [6, 6.07) is 0. The van der Waals surface area contributed by atoms with Crippen LogP contribution >= 0.6 is 0 Å². The summed E-state index contributed by atoms with van der Waals surface area (Å²) in [5.41, 5.74) is 0. The predicted octanol–water partition coefficient (Wildman–Crippen LogP) is 16.3. The molecule has 426 valence electrons. The van der Waals surface area contributed by atoms with Crippen molar-refractivity contribution in [2.75, 3.05) is 47.5 Å². The Morgan fingerprint density at radius 3 is 1.07 bits per heavy atom. The Morgan fingerprint density at radius 1 is 0.400 bits per heavy atom. The number of ether oxygens (including phenoxy) is 4. The zero-order chi connectivity index (χ0) is 54.8. The number of hydrogen-bond donors (Lipinski definition) is 0. The molecule has 0 heterocycles. The lowest BCUT2D eigenvalue weighted by Gasteiger charge is -2.26. The lowest BCUT2D eigenvalue weighted by Crippen LogP contribution is -2.44. The molecule has 0 aromatic carbocycles. The number of allylic oxidation sites excluding steroid dienone is 20. The van der Waals surface area contributed by atoms with E-state index in [2.05, 4.69) is 135 Å². The second-order valence-corrected chi connectivity index (χ2v) is 20.5. The Balaban J connectivity index is 4.29. The van der Waals surface area contributed by atoms with Crippen LogP contribution in [0.15, 0.2) is 122 Å². The molecule has 0 aromatic rings. The highest BCUT2D eigenvalue weighted by atomic mass is 16.7. The molecule has 0 N–H and O–H groups in total. The first-order chi connectivity index (χ1) is 36.6. The molecule has 0 amide bonds. The van der Waals surface area contributed by atoms with Crippen molar-refractivity contribution in [2.45, 2.75) is 232 Å². The zero-order valence-corrected chi connectivity index (χ0v) is 48.4. The molecule has 0 spiro atoms. The monoisotopic (exact) mass is 1040 g/mol. The lowest BCUT2D eigenvalue weighted by atomic mass is 10.0. The summed E-state index contributed by atoms with van der Waals surface area (Å²) in [6.45, 7) is 4.48. The first kappa shape index (κ1) is 70.7. The number of carboxylic acids is 1. The van der Waals surface area contributed by atoms with Gasteiger partial charge in [-0.1, -0.05) is 225 Å². The molecule has 0 bridgehead atoms. The molecule has 75 heavy (non-hydrogen) atoms. The number of hydrogen-bond acceptors (Lipinski definition) is 8. The fourth-order valence-electron chi connectivity index (χ4n) is 7.71. The number of rotatable bonds is 53. The molecule has 0 radical (unpaired) electrons. The van der Waals surface area contributed by atoms with E-state index in [0.29, 0.717) is 17.4 Å². The van der Waals surface area contributed by atoms with E-state index in [1.165, 1.54) is 77.0 Å². The third kappa shape index (κ3) is 57.2. The van der Waals surface area contributed by atoms with Crippen LogP contribution in [0.2, 0.25) is 0 Å². The van der Waals surface area contributed by atoms with Crippen molar-refractivity contribution in [3.8, 4) is 0 Å². The van der Waals surface area contributed by atoms with Crippen molar-refractivity contribution < 1.29 is 42.9 Å². The lowest BCUT2D eigenvalue weighted by molar-refractivity contribution is -0.870. The molecule has 2 atom stereocenters. The number of carbonyl (C=O) groups is 3. The van der Waals surface area contributed by atoms with Crippen LogP contribution in [0.3, 0.4) is 0 Å². The van der Waals surface area contributed by atoms with Crippen molar-refractivity contribution in [3.05, 3.63) is 122 Å². The quantitative estimate of drug-likeness (QED) is 0.0195. The molecule has 9 heteroatoms. The van der Waals surface area contributed by atoms with Crippen molar-refractivity contribution in [3.63, 3.8) is 0 Å². The van der Waals surface area contributed by atoms with Gasteiger partial charge in [-0.2, -0.15) is 0 Å². The minimum atomic E-state index is -1.64. The first-order valence-electron chi connectivity index (χ1n) is 29.7. The van der Waals surface area contributed by atoms with Gasteiger partial charge >= 0.3 is 11.9 Å². The average Bonchev–Trinajstić information content (AvgIpc) is 3.38. The minimum absolute atomic E-state index is 0.136. The van der Waals surface area contributed by atoms with Crippen molar-refractivity contribution in [2.24, 2.45) is 0 Å². The second kappa shape index (κ2) is 55.9. The zero-order valence-electron chi connectivity index (χ0n) is 48.4. The first-order valence-corrected chi connectivity index (χ1v) is 29.7. The summed E-state index contributed by atoms with van der Waals surface area (Å²) in [6.07, 6.45) is 75.3. The standard InChI is InChI=1S/C66H109NO8/c1-6-8-10-12-14-16-18-20-22-24-26-28-30-31-32-33-35-36-38-40-42-44-46-48-50-52-54-56-63(68)73-60-62(61-74-66(65(70)71)72-59-58-67(3,4)5)75-64(69)57-55-53-51-49-47-45-43-41-39-37-34-29-27-25-23-21-19-17-15-13-11-9-7-2/h8-11,14-17,20-23,26-29,37,39,43,45,62,66H,6-7,12-13,18-19,24-25,30-36,38,40-42,44,46-61H2,1-5H3/b10-8-,11-9-,16-14-,17-15-,22-20-,23-21-,28-26-,29-27-,39-37-,45-43-. The van der Waals surface area contributed by atoms with E-state index in [0.717, 1.165) is 109 Å². The van der Waals surface area contributed by atoms with E-state index in [9.17, 15) is 19.5 Å². The smallest absolute Gasteiger partial charge is 0.306 e. The normalized spacial score (nSPS) is 13.7. The second-order valence-electron chi connectivity index (χ2n) is 20.5. The number of quaternary nitrogens is 1. The van der Waals surface area contributed by atoms with Gasteiger partial charge in [0.2, 0.25) is 0 Å². The van der Waals surface area contributed by atoms with Crippen LogP contribution in [0.5, 0.6) is 0 Å². The Bertz CT molecular complexity index is 1640. The van der Waals surface area contributed by atoms with Crippen LogP contribution in [0.1, 0.15) is 219 Å². The summed E-state index contributed by atoms with van der Waals surface area (Å²) in [5.74, 6) is -2.33. The SMILES string of the molecule is CC/C=C\C/C=C\C/C=C\C/C=C\C/C=C\C/C=C\CCCCCCC(=O)OC(COC(=O)CCCCCCCCCCCCCCCC/C=C\C/C=C\C/C=C\C/C=C\CC)COC(OCC[N+](C)(C)C)C(=O)[O-]. The topological polar surface area (TPSA) is 111 Å². The molecule has 0 saturated carbocycles. The fourth-order valence-corrected chi connectivity index (χ4v) is 7.71. The largest absolute Gasteiger partial charge is 0.545 e. The van der Waals surface area contributed by atoms with Gasteiger partial charge in [0.15, 0.2) is 12.4 Å². The molecule has 0 aliphatic carbocycles. The van der Waals surface area contributed by atoms with Crippen LogP contribution in [-0.2, 0) is 33.3 Å². The van der Waals surface area contributed by atoms with Crippen LogP contribution in [0, 0.1) is 0 Å². The Morgan fingerprint density at radius 2 is 0.720 bits per heavy atom. The van der Waals surface area contributed by atoms with Crippen molar-refractivity contribution in [1.82, 2.24) is 0 Å². The number of likely N-dealkylation sites (N-methyl/N-ethyl adjacent to an activating group) is 1. The van der Waals surface area contributed by atoms with E-state index in [4.69, 9.17) is 18.9 Å². The molecule has 0 aliphatic heterocycles. The van der Waals surface area contributed by atoms with Crippen molar-refractivity contribution >= 4 is 17.9 Å². The number of carboxylic acid groups (broad SMARTS) is 1. The molecular formula is C66H109NO8. The summed E-state index contributed by atoms with van der Waals surface area (Å²) in [4.78, 5) is 37.3. The van der Waals surface area contributed by atoms with Gasteiger partial charge in [-0.05, 0) is 103 Å². The number of aliphatic carboxylic acids is 1. The maximum atomic E-state index is 12.9. The number of carbonyl (C=O) groups excluding carboxylic acids is 3. The molecule has 9 nitrogen and oxygen atoms in total. The molecule has 2 unspecified atom stereocenters. The van der Waals surface area contributed by atoms with E-state index in [1.54, 1.807) is 0 Å². The van der Waals surface area contributed by atoms with Crippen LogP contribution in [-0.4, -0.2) is 82.3 Å². The van der Waals surface area contributed by atoms with Gasteiger partial charge in [-0.3, -0.25) is 9.59 Å². The Kier molecular flexibility index (Phi) is 52.7. The molecular weight excluding hydrogens is 935 g/mol. The summed E-state index contributed by atoms with van der Waals surface area (Å²) in [7, 11) is 5.90. The fraction of sp³-hybridized carbons (Fsp3) is 0.652. The highest BCUT2D eigenvalue weighted by molar-refractivity contribution is 5.70. The molecule has 0 rings (SSSR count). The van der Waals surface area contributed by atoms with Gasteiger partial charge in [0, 0.05) is 12.8 Å². The van der Waals surface area contributed by atoms with Gasteiger partial charge in [0.1, 0.15) is 13.2 Å². The average molecular weight is 1040 g/mol.